The average Bonchev–Trinajstić information content (AvgIpc) is 3.58. The van der Waals surface area contributed by atoms with E-state index in [2.05, 4.69) is 152 Å². The van der Waals surface area contributed by atoms with E-state index in [0.717, 1.165) is 27.8 Å². The van der Waals surface area contributed by atoms with Gasteiger partial charge < -0.3 is 0 Å². The molecule has 0 atom stereocenters. The number of nitrogens with zero attached hydrogens (tertiary/aromatic N) is 3. The minimum absolute atomic E-state index is 0.652. The molecule has 0 radical (unpaired) electrons. The van der Waals surface area contributed by atoms with E-state index in [0.29, 0.717) is 17.5 Å². The Kier molecular flexibility index (Phi) is 8.16. The second kappa shape index (κ2) is 13.8. The predicted molar refractivity (Wildman–Crippen MR) is 230 cm³/mol. The van der Waals surface area contributed by atoms with Gasteiger partial charge in [-0.25, -0.2) is 15.0 Å². The van der Waals surface area contributed by atoms with Crippen molar-refractivity contribution < 1.29 is 0 Å². The van der Waals surface area contributed by atoms with Gasteiger partial charge in [0.25, 0.3) is 0 Å². The largest absolute Gasteiger partial charge is 0.208 e. The van der Waals surface area contributed by atoms with Gasteiger partial charge in [-0.15, -0.1) is 0 Å². The molecule has 0 aliphatic carbocycles. The van der Waals surface area contributed by atoms with E-state index in [4.69, 9.17) is 15.0 Å². The first kappa shape index (κ1) is 32.6. The van der Waals surface area contributed by atoms with Crippen molar-refractivity contribution in [3.8, 4) is 67.5 Å². The lowest BCUT2D eigenvalue weighted by molar-refractivity contribution is 1.07. The summed E-state index contributed by atoms with van der Waals surface area (Å²) in [6.07, 6.45) is 0. The van der Waals surface area contributed by atoms with Gasteiger partial charge in [-0.3, -0.25) is 0 Å². The Morgan fingerprint density at radius 2 is 0.600 bits per heavy atom. The van der Waals surface area contributed by atoms with Crippen LogP contribution >= 0.6 is 0 Å². The van der Waals surface area contributed by atoms with Gasteiger partial charge in [0, 0.05) is 16.7 Å². The SMILES string of the molecule is c1ccc(-c2nc(-c3ccccc3)nc(-c3ccc(-c4ccc(-c5ccc6c(c5)[Si](c5ccccc5)(c5ccccc5)c5ccccc5-6)cc4)cc3)n2)cc1. The number of rotatable bonds is 7. The summed E-state index contributed by atoms with van der Waals surface area (Å²) in [5.74, 6) is 1.97. The molecule has 3 nitrogen and oxygen atoms in total. The molecule has 0 amide bonds. The lowest BCUT2D eigenvalue weighted by Crippen LogP contribution is -2.72. The van der Waals surface area contributed by atoms with Gasteiger partial charge in [-0.2, -0.15) is 0 Å². The molecule has 1 aromatic heterocycles. The van der Waals surface area contributed by atoms with Crippen molar-refractivity contribution >= 4 is 28.8 Å². The highest BCUT2D eigenvalue weighted by Crippen LogP contribution is 2.33. The highest BCUT2D eigenvalue weighted by Gasteiger charge is 2.48. The molecule has 0 spiro atoms. The number of fused-ring (bicyclic) bond motifs is 3. The smallest absolute Gasteiger partial charge is 0.180 e. The number of hydrogen-bond donors (Lipinski definition) is 0. The molecule has 0 saturated carbocycles. The molecule has 0 bridgehead atoms. The third-order valence-electron chi connectivity index (χ3n) is 10.9. The highest BCUT2D eigenvalue weighted by molar-refractivity contribution is 7.22. The summed E-state index contributed by atoms with van der Waals surface area (Å²) in [4.78, 5) is 14.7. The highest BCUT2D eigenvalue weighted by atomic mass is 28.3. The first-order chi connectivity index (χ1) is 27.3. The van der Waals surface area contributed by atoms with Crippen molar-refractivity contribution in [2.24, 2.45) is 0 Å². The van der Waals surface area contributed by atoms with Gasteiger partial charge in [-0.05, 0) is 54.1 Å². The van der Waals surface area contributed by atoms with E-state index in [1.807, 2.05) is 60.7 Å². The normalized spacial score (nSPS) is 12.5. The molecular weight excluding hydrogens is 683 g/mol. The number of hydrogen-bond acceptors (Lipinski definition) is 3. The van der Waals surface area contributed by atoms with Crippen molar-refractivity contribution in [1.82, 2.24) is 15.0 Å². The Bertz CT molecular complexity index is 2670. The minimum Gasteiger partial charge on any atom is -0.208 e. The van der Waals surface area contributed by atoms with Crippen LogP contribution in [0, 0.1) is 0 Å². The molecule has 0 N–H and O–H groups in total. The maximum absolute atomic E-state index is 4.91. The Hall–Kier alpha value is -7.01. The van der Waals surface area contributed by atoms with Crippen LogP contribution in [0.25, 0.3) is 67.5 Å². The average molecular weight is 718 g/mol. The Balaban J connectivity index is 1.00. The molecule has 55 heavy (non-hydrogen) atoms. The summed E-state index contributed by atoms with van der Waals surface area (Å²) >= 11 is 0. The van der Waals surface area contributed by atoms with Gasteiger partial charge in [-0.1, -0.05) is 212 Å². The second-order valence-electron chi connectivity index (χ2n) is 14.0. The molecular formula is C51H35N3Si. The molecule has 8 aromatic carbocycles. The van der Waals surface area contributed by atoms with Gasteiger partial charge in [0.15, 0.2) is 25.5 Å². The van der Waals surface area contributed by atoms with Crippen LogP contribution in [0.5, 0.6) is 0 Å². The Morgan fingerprint density at radius 3 is 1.09 bits per heavy atom. The summed E-state index contributed by atoms with van der Waals surface area (Å²) in [5, 5.41) is 5.73. The topological polar surface area (TPSA) is 38.7 Å². The van der Waals surface area contributed by atoms with E-state index >= 15 is 0 Å². The van der Waals surface area contributed by atoms with Crippen molar-refractivity contribution in [2.75, 3.05) is 0 Å². The summed E-state index contributed by atoms with van der Waals surface area (Å²) < 4.78 is 0. The monoisotopic (exact) mass is 717 g/mol. The summed E-state index contributed by atoms with van der Waals surface area (Å²) in [5.41, 5.74) is 10.3. The maximum Gasteiger partial charge on any atom is 0.180 e. The molecule has 258 valence electrons. The van der Waals surface area contributed by atoms with Crippen LogP contribution in [0.2, 0.25) is 0 Å². The van der Waals surface area contributed by atoms with E-state index in [-0.39, 0.29) is 0 Å². The predicted octanol–water partition coefficient (Wildman–Crippen LogP) is 9.56. The zero-order chi connectivity index (χ0) is 36.6. The number of benzene rings is 8. The van der Waals surface area contributed by atoms with Gasteiger partial charge in [0.1, 0.15) is 0 Å². The first-order valence-corrected chi connectivity index (χ1v) is 20.7. The van der Waals surface area contributed by atoms with Crippen molar-refractivity contribution in [2.45, 2.75) is 0 Å². The zero-order valence-electron chi connectivity index (χ0n) is 30.0. The quantitative estimate of drug-likeness (QED) is 0.154. The van der Waals surface area contributed by atoms with Crippen molar-refractivity contribution in [3.63, 3.8) is 0 Å². The molecule has 0 saturated heterocycles. The van der Waals surface area contributed by atoms with Crippen LogP contribution in [-0.4, -0.2) is 23.0 Å². The molecule has 2 heterocycles. The molecule has 1 aliphatic rings. The first-order valence-electron chi connectivity index (χ1n) is 18.7. The third kappa shape index (κ3) is 5.72. The Morgan fingerprint density at radius 1 is 0.255 bits per heavy atom. The van der Waals surface area contributed by atoms with Crippen LogP contribution < -0.4 is 20.7 Å². The summed E-state index contributed by atoms with van der Waals surface area (Å²) in [7, 11) is -2.55. The molecule has 0 unspecified atom stereocenters. The van der Waals surface area contributed by atoms with E-state index in [9.17, 15) is 0 Å². The molecule has 0 fully saturated rings. The Labute approximate surface area is 322 Å². The summed E-state index contributed by atoms with van der Waals surface area (Å²) in [6, 6.07) is 76.2. The van der Waals surface area contributed by atoms with E-state index < -0.39 is 8.07 Å². The fraction of sp³-hybridized carbons (Fsp3) is 0. The van der Waals surface area contributed by atoms with Gasteiger partial charge in [0.2, 0.25) is 0 Å². The second-order valence-corrected chi connectivity index (χ2v) is 17.7. The van der Waals surface area contributed by atoms with Crippen molar-refractivity contribution in [1.29, 1.82) is 0 Å². The van der Waals surface area contributed by atoms with E-state index in [1.54, 1.807) is 0 Å². The fourth-order valence-corrected chi connectivity index (χ4v) is 13.4. The fourth-order valence-electron chi connectivity index (χ4n) is 8.23. The van der Waals surface area contributed by atoms with Gasteiger partial charge >= 0.3 is 0 Å². The van der Waals surface area contributed by atoms with Gasteiger partial charge in [0.05, 0.1) is 0 Å². The molecule has 1 aliphatic heterocycles. The lowest BCUT2D eigenvalue weighted by Gasteiger charge is -2.31. The molecule has 4 heteroatoms. The van der Waals surface area contributed by atoms with Crippen LogP contribution in [0.1, 0.15) is 0 Å². The van der Waals surface area contributed by atoms with E-state index in [1.165, 1.54) is 43.0 Å². The van der Waals surface area contributed by atoms with Crippen LogP contribution in [0.3, 0.4) is 0 Å². The standard InChI is InChI=1S/C51H35N3Si/c1-5-15-39(16-6-1)49-52-50(40-17-7-2-8-18-40)54-51(53-49)41-31-29-37(30-32-41)36-25-27-38(28-26-36)42-33-34-46-45-23-13-14-24-47(45)55(48(46)35-42,43-19-9-3-10-20-43)44-21-11-4-12-22-44/h1-35H. The zero-order valence-corrected chi connectivity index (χ0v) is 31.0. The summed E-state index contributed by atoms with van der Waals surface area (Å²) in [6.45, 7) is 0. The van der Waals surface area contributed by atoms with Crippen LogP contribution in [0.15, 0.2) is 212 Å². The van der Waals surface area contributed by atoms with Crippen molar-refractivity contribution in [3.05, 3.63) is 212 Å². The molecule has 10 rings (SSSR count). The maximum atomic E-state index is 4.91. The molecule has 9 aromatic rings. The number of aromatic nitrogens is 3. The third-order valence-corrected chi connectivity index (χ3v) is 15.7. The minimum atomic E-state index is -2.55. The van der Waals surface area contributed by atoms with Crippen LogP contribution in [-0.2, 0) is 0 Å². The van der Waals surface area contributed by atoms with Crippen LogP contribution in [0.4, 0.5) is 0 Å². The lowest BCUT2D eigenvalue weighted by atomic mass is 9.97.